The number of carbonyl (C=O) groups excluding carboxylic acids is 1. The van der Waals surface area contributed by atoms with E-state index < -0.39 is 0 Å². The number of para-hydroxylation sites is 1. The minimum absolute atomic E-state index is 0.737. The summed E-state index contributed by atoms with van der Waals surface area (Å²) >= 11 is 0. The lowest BCUT2D eigenvalue weighted by Crippen LogP contribution is -2.46. The molecule has 2 aromatic rings. The molecule has 4 heteroatoms. The van der Waals surface area contributed by atoms with Gasteiger partial charge >= 0.3 is 0 Å². The van der Waals surface area contributed by atoms with E-state index in [-0.39, 0.29) is 0 Å². The SMILES string of the molecule is Cc1cc(C)c(CN2CCN(c3ccccc3C#N)CC2)cc1C=O. The van der Waals surface area contributed by atoms with E-state index in [9.17, 15) is 10.1 Å². The second-order valence-electron chi connectivity index (χ2n) is 6.65. The Morgan fingerprint density at radius 2 is 1.80 bits per heavy atom. The Kier molecular flexibility index (Phi) is 5.16. The van der Waals surface area contributed by atoms with Crippen molar-refractivity contribution in [1.29, 1.82) is 5.26 Å². The third kappa shape index (κ3) is 3.72. The maximum Gasteiger partial charge on any atom is 0.150 e. The molecule has 0 N–H and O–H groups in total. The fourth-order valence-corrected chi connectivity index (χ4v) is 3.45. The molecule has 0 aromatic heterocycles. The molecule has 1 heterocycles. The summed E-state index contributed by atoms with van der Waals surface area (Å²) in [5.74, 6) is 0. The second-order valence-corrected chi connectivity index (χ2v) is 6.65. The van der Waals surface area contributed by atoms with Crippen LogP contribution in [0, 0.1) is 25.2 Å². The standard InChI is InChI=1S/C21H23N3O/c1-16-11-17(2)20(15-25)12-19(16)14-23-7-9-24(10-8-23)21-6-4-3-5-18(21)13-22/h3-6,11-12,15H,7-10,14H2,1-2H3. The average Bonchev–Trinajstić information content (AvgIpc) is 2.64. The van der Waals surface area contributed by atoms with Crippen LogP contribution in [0.1, 0.15) is 32.6 Å². The van der Waals surface area contributed by atoms with Crippen molar-refractivity contribution in [2.75, 3.05) is 31.1 Å². The topological polar surface area (TPSA) is 47.3 Å². The van der Waals surface area contributed by atoms with Gasteiger partial charge in [0, 0.05) is 38.3 Å². The highest BCUT2D eigenvalue weighted by Gasteiger charge is 2.19. The molecule has 128 valence electrons. The van der Waals surface area contributed by atoms with Crippen molar-refractivity contribution < 1.29 is 4.79 Å². The van der Waals surface area contributed by atoms with Crippen molar-refractivity contribution in [3.8, 4) is 6.07 Å². The van der Waals surface area contributed by atoms with Crippen LogP contribution in [0.4, 0.5) is 5.69 Å². The Bertz CT molecular complexity index is 814. The molecule has 0 spiro atoms. The van der Waals surface area contributed by atoms with Crippen molar-refractivity contribution in [3.63, 3.8) is 0 Å². The first-order chi connectivity index (χ1) is 12.1. The Morgan fingerprint density at radius 1 is 1.08 bits per heavy atom. The van der Waals surface area contributed by atoms with E-state index in [2.05, 4.69) is 28.9 Å². The number of aryl methyl sites for hydroxylation is 2. The van der Waals surface area contributed by atoms with Crippen molar-refractivity contribution in [2.24, 2.45) is 0 Å². The van der Waals surface area contributed by atoms with Gasteiger partial charge in [0.1, 0.15) is 12.4 Å². The van der Waals surface area contributed by atoms with Gasteiger partial charge in [0.15, 0.2) is 0 Å². The maximum atomic E-state index is 11.2. The highest BCUT2D eigenvalue weighted by Crippen LogP contribution is 2.22. The number of rotatable bonds is 4. The van der Waals surface area contributed by atoms with Crippen LogP contribution in [0.3, 0.4) is 0 Å². The number of benzene rings is 2. The zero-order valence-electron chi connectivity index (χ0n) is 14.8. The normalized spacial score (nSPS) is 15.0. The first-order valence-corrected chi connectivity index (χ1v) is 8.64. The number of carbonyl (C=O) groups is 1. The summed E-state index contributed by atoms with van der Waals surface area (Å²) in [6, 6.07) is 14.2. The molecule has 0 atom stereocenters. The third-order valence-corrected chi connectivity index (χ3v) is 4.98. The summed E-state index contributed by atoms with van der Waals surface area (Å²) in [4.78, 5) is 15.9. The van der Waals surface area contributed by atoms with Gasteiger partial charge in [0.2, 0.25) is 0 Å². The van der Waals surface area contributed by atoms with E-state index in [1.54, 1.807) is 0 Å². The average molecular weight is 333 g/mol. The van der Waals surface area contributed by atoms with Crippen LogP contribution < -0.4 is 4.90 Å². The molecule has 0 saturated carbocycles. The maximum absolute atomic E-state index is 11.2. The lowest BCUT2D eigenvalue weighted by molar-refractivity contribution is 0.112. The van der Waals surface area contributed by atoms with Crippen molar-refractivity contribution >= 4 is 12.0 Å². The van der Waals surface area contributed by atoms with Crippen LogP contribution in [0.2, 0.25) is 0 Å². The molecule has 0 unspecified atom stereocenters. The van der Waals surface area contributed by atoms with Gasteiger partial charge in [-0.3, -0.25) is 9.69 Å². The smallest absolute Gasteiger partial charge is 0.150 e. The van der Waals surface area contributed by atoms with Gasteiger partial charge in [-0.05, 0) is 48.7 Å². The van der Waals surface area contributed by atoms with E-state index in [1.165, 1.54) is 11.1 Å². The molecule has 25 heavy (non-hydrogen) atoms. The van der Waals surface area contributed by atoms with E-state index in [4.69, 9.17) is 0 Å². The van der Waals surface area contributed by atoms with Gasteiger partial charge in [-0.2, -0.15) is 5.26 Å². The summed E-state index contributed by atoms with van der Waals surface area (Å²) < 4.78 is 0. The minimum Gasteiger partial charge on any atom is -0.368 e. The number of hydrogen-bond acceptors (Lipinski definition) is 4. The summed E-state index contributed by atoms with van der Waals surface area (Å²) in [5, 5.41) is 9.28. The van der Waals surface area contributed by atoms with Crippen LogP contribution in [0.5, 0.6) is 0 Å². The van der Waals surface area contributed by atoms with E-state index in [0.29, 0.717) is 0 Å². The van der Waals surface area contributed by atoms with Gasteiger partial charge in [0.25, 0.3) is 0 Å². The zero-order chi connectivity index (χ0) is 17.8. The van der Waals surface area contributed by atoms with Crippen molar-refractivity contribution in [2.45, 2.75) is 20.4 Å². The van der Waals surface area contributed by atoms with E-state index in [0.717, 1.165) is 61.4 Å². The summed E-state index contributed by atoms with van der Waals surface area (Å²) in [5.41, 5.74) is 6.04. The molecule has 0 bridgehead atoms. The Balaban J connectivity index is 1.67. The van der Waals surface area contributed by atoms with Crippen LogP contribution in [-0.4, -0.2) is 37.4 Å². The number of aldehydes is 1. The molecule has 0 aliphatic carbocycles. The molecule has 1 aliphatic rings. The van der Waals surface area contributed by atoms with E-state index >= 15 is 0 Å². The number of nitrogens with zero attached hydrogens (tertiary/aromatic N) is 3. The predicted octanol–water partition coefficient (Wildman–Crippen LogP) is 3.31. The molecule has 1 aliphatic heterocycles. The summed E-state index contributed by atoms with van der Waals surface area (Å²) in [6.07, 6.45) is 0.940. The molecular weight excluding hydrogens is 310 g/mol. The number of anilines is 1. The lowest BCUT2D eigenvalue weighted by atomic mass is 10.00. The molecule has 0 amide bonds. The minimum atomic E-state index is 0.737. The highest BCUT2D eigenvalue weighted by atomic mass is 16.1. The van der Waals surface area contributed by atoms with E-state index in [1.807, 2.05) is 37.3 Å². The Labute approximate surface area is 149 Å². The van der Waals surface area contributed by atoms with Crippen LogP contribution in [-0.2, 0) is 6.54 Å². The number of nitriles is 1. The molecule has 1 fully saturated rings. The quantitative estimate of drug-likeness (QED) is 0.806. The Morgan fingerprint density at radius 3 is 2.48 bits per heavy atom. The summed E-state index contributed by atoms with van der Waals surface area (Å²) in [7, 11) is 0. The molecule has 4 nitrogen and oxygen atoms in total. The molecule has 2 aromatic carbocycles. The van der Waals surface area contributed by atoms with Crippen molar-refractivity contribution in [1.82, 2.24) is 4.90 Å². The Hall–Kier alpha value is -2.64. The van der Waals surface area contributed by atoms with Crippen LogP contribution in [0.25, 0.3) is 0 Å². The third-order valence-electron chi connectivity index (χ3n) is 4.98. The molecule has 3 rings (SSSR count). The number of hydrogen-bond donors (Lipinski definition) is 0. The lowest BCUT2D eigenvalue weighted by Gasteiger charge is -2.36. The fourth-order valence-electron chi connectivity index (χ4n) is 3.45. The van der Waals surface area contributed by atoms with Gasteiger partial charge in [-0.1, -0.05) is 18.2 Å². The predicted molar refractivity (Wildman–Crippen MR) is 100.0 cm³/mol. The monoisotopic (exact) mass is 333 g/mol. The molecule has 1 saturated heterocycles. The van der Waals surface area contributed by atoms with Crippen molar-refractivity contribution in [3.05, 3.63) is 64.2 Å². The first kappa shape index (κ1) is 17.2. The van der Waals surface area contributed by atoms with Crippen LogP contribution in [0.15, 0.2) is 36.4 Å². The molecule has 0 radical (unpaired) electrons. The first-order valence-electron chi connectivity index (χ1n) is 8.64. The van der Waals surface area contributed by atoms with Gasteiger partial charge in [-0.25, -0.2) is 0 Å². The number of piperazine rings is 1. The van der Waals surface area contributed by atoms with Gasteiger partial charge < -0.3 is 4.90 Å². The van der Waals surface area contributed by atoms with Gasteiger partial charge in [0.05, 0.1) is 11.3 Å². The highest BCUT2D eigenvalue weighted by molar-refractivity contribution is 5.77. The van der Waals surface area contributed by atoms with Gasteiger partial charge in [-0.15, -0.1) is 0 Å². The molecular formula is C21H23N3O. The largest absolute Gasteiger partial charge is 0.368 e. The summed E-state index contributed by atoms with van der Waals surface area (Å²) in [6.45, 7) is 8.66. The fraction of sp³-hybridized carbons (Fsp3) is 0.333. The van der Waals surface area contributed by atoms with Crippen LogP contribution >= 0.6 is 0 Å². The second kappa shape index (κ2) is 7.50. The zero-order valence-corrected chi connectivity index (χ0v) is 14.8.